The van der Waals surface area contributed by atoms with Gasteiger partial charge in [0.05, 0.1) is 15.9 Å². The lowest BCUT2D eigenvalue weighted by Crippen LogP contribution is -2.16. The normalized spacial score (nSPS) is 11.6. The molecule has 0 bridgehead atoms. The van der Waals surface area contributed by atoms with E-state index in [2.05, 4.69) is 10.1 Å². The molecule has 2 aromatic rings. The summed E-state index contributed by atoms with van der Waals surface area (Å²) >= 11 is 1.50. The molecule has 108 valence electrons. The fraction of sp³-hybridized carbons (Fsp3) is 0.417. The molecule has 0 unspecified atom stereocenters. The maximum atomic E-state index is 10.6. The standard InChI is InChI=1S/C12H16N4O3S/c1-8-9(5-13-16(6-18)7-19)11-12(15(8)2)14-10(20-11)3-4-17/h5-6,17,19H,3-4,7H2,1-2H3/b13-5-. The number of fused-ring (bicyclic) bond motifs is 1. The molecule has 2 N–H and O–H groups in total. The number of nitrogens with zero attached hydrogens (tertiary/aromatic N) is 4. The summed E-state index contributed by atoms with van der Waals surface area (Å²) in [7, 11) is 1.90. The highest BCUT2D eigenvalue weighted by molar-refractivity contribution is 7.19. The van der Waals surface area contributed by atoms with Crippen molar-refractivity contribution >= 4 is 34.3 Å². The Balaban J connectivity index is 2.45. The molecule has 8 heteroatoms. The van der Waals surface area contributed by atoms with Gasteiger partial charge in [-0.25, -0.2) is 9.99 Å². The molecule has 0 radical (unpaired) electrons. The number of hydrazone groups is 1. The van der Waals surface area contributed by atoms with Gasteiger partial charge in [0.15, 0.2) is 5.65 Å². The van der Waals surface area contributed by atoms with Gasteiger partial charge in [0, 0.05) is 31.3 Å². The van der Waals surface area contributed by atoms with Crippen molar-refractivity contribution in [1.29, 1.82) is 0 Å². The van der Waals surface area contributed by atoms with E-state index in [9.17, 15) is 4.79 Å². The Hall–Kier alpha value is -1.77. The van der Waals surface area contributed by atoms with Crippen LogP contribution < -0.4 is 0 Å². The van der Waals surface area contributed by atoms with Gasteiger partial charge >= 0.3 is 0 Å². The van der Waals surface area contributed by atoms with Crippen molar-refractivity contribution in [2.45, 2.75) is 13.3 Å². The molecule has 2 aromatic heterocycles. The van der Waals surface area contributed by atoms with Crippen LogP contribution in [0.3, 0.4) is 0 Å². The number of aliphatic hydroxyl groups is 2. The van der Waals surface area contributed by atoms with Crippen molar-refractivity contribution in [3.8, 4) is 0 Å². The first-order valence-corrected chi connectivity index (χ1v) is 6.86. The zero-order valence-electron chi connectivity index (χ0n) is 11.3. The Bertz CT molecular complexity index is 647. The Morgan fingerprint density at radius 3 is 2.85 bits per heavy atom. The van der Waals surface area contributed by atoms with Crippen molar-refractivity contribution in [3.63, 3.8) is 0 Å². The van der Waals surface area contributed by atoms with E-state index in [1.54, 1.807) is 6.21 Å². The van der Waals surface area contributed by atoms with Gasteiger partial charge in [0.1, 0.15) is 6.73 Å². The van der Waals surface area contributed by atoms with Crippen LogP contribution in [0.25, 0.3) is 10.3 Å². The number of thiazole rings is 1. The summed E-state index contributed by atoms with van der Waals surface area (Å²) in [5.74, 6) is 0. The number of aromatic nitrogens is 2. The lowest BCUT2D eigenvalue weighted by atomic mass is 10.3. The number of rotatable bonds is 6. The van der Waals surface area contributed by atoms with E-state index < -0.39 is 6.73 Å². The van der Waals surface area contributed by atoms with Gasteiger partial charge < -0.3 is 14.8 Å². The van der Waals surface area contributed by atoms with Crippen molar-refractivity contribution in [2.24, 2.45) is 12.1 Å². The van der Waals surface area contributed by atoms with E-state index in [1.165, 1.54) is 11.3 Å². The second-order valence-electron chi connectivity index (χ2n) is 4.22. The van der Waals surface area contributed by atoms with Crippen LogP contribution in [-0.4, -0.2) is 50.7 Å². The molecule has 0 aliphatic carbocycles. The van der Waals surface area contributed by atoms with Crippen molar-refractivity contribution in [3.05, 3.63) is 16.3 Å². The van der Waals surface area contributed by atoms with Crippen LogP contribution in [0.1, 0.15) is 16.3 Å². The number of carbonyl (C=O) groups excluding carboxylic acids is 1. The largest absolute Gasteiger partial charge is 0.396 e. The van der Waals surface area contributed by atoms with Gasteiger partial charge in [0.25, 0.3) is 0 Å². The molecule has 7 nitrogen and oxygen atoms in total. The first-order chi connectivity index (χ1) is 9.62. The van der Waals surface area contributed by atoms with Crippen molar-refractivity contribution in [1.82, 2.24) is 14.6 Å². The summed E-state index contributed by atoms with van der Waals surface area (Å²) in [6.45, 7) is 1.53. The van der Waals surface area contributed by atoms with E-state index in [-0.39, 0.29) is 6.61 Å². The van der Waals surface area contributed by atoms with Gasteiger partial charge in [-0.05, 0) is 6.92 Å². The lowest BCUT2D eigenvalue weighted by Gasteiger charge is -2.04. The first-order valence-electron chi connectivity index (χ1n) is 6.04. The highest BCUT2D eigenvalue weighted by Gasteiger charge is 2.15. The number of aliphatic hydroxyl groups excluding tert-OH is 2. The molecule has 2 heterocycles. The predicted molar refractivity (Wildman–Crippen MR) is 76.7 cm³/mol. The molecule has 0 aliphatic heterocycles. The lowest BCUT2D eigenvalue weighted by molar-refractivity contribution is -0.121. The van der Waals surface area contributed by atoms with E-state index in [4.69, 9.17) is 10.2 Å². The van der Waals surface area contributed by atoms with E-state index in [0.717, 1.165) is 31.6 Å². The second-order valence-corrected chi connectivity index (χ2v) is 5.31. The number of carbonyl (C=O) groups is 1. The van der Waals surface area contributed by atoms with Crippen molar-refractivity contribution < 1.29 is 15.0 Å². The van der Waals surface area contributed by atoms with Gasteiger partial charge in [-0.3, -0.25) is 4.79 Å². The highest BCUT2D eigenvalue weighted by atomic mass is 32.1. The zero-order valence-corrected chi connectivity index (χ0v) is 12.1. The fourth-order valence-electron chi connectivity index (χ4n) is 1.85. The van der Waals surface area contributed by atoms with Gasteiger partial charge in [0.2, 0.25) is 6.41 Å². The van der Waals surface area contributed by atoms with Crippen molar-refractivity contribution in [2.75, 3.05) is 13.3 Å². The summed E-state index contributed by atoms with van der Waals surface area (Å²) in [6.07, 6.45) is 2.52. The van der Waals surface area contributed by atoms with Gasteiger partial charge in [-0.2, -0.15) is 5.10 Å². The first kappa shape index (κ1) is 14.6. The van der Waals surface area contributed by atoms with Crippen LogP contribution in [0.5, 0.6) is 0 Å². The fourth-order valence-corrected chi connectivity index (χ4v) is 2.99. The number of hydrogen-bond donors (Lipinski definition) is 2. The zero-order chi connectivity index (χ0) is 14.7. The third kappa shape index (κ3) is 2.58. The van der Waals surface area contributed by atoms with Crippen LogP contribution in [0, 0.1) is 6.92 Å². The molecule has 0 saturated heterocycles. The SMILES string of the molecule is Cc1c(/C=N\N(C=O)CO)c2sc(CCO)nc2n1C. The maximum absolute atomic E-state index is 10.6. The van der Waals surface area contributed by atoms with Crippen LogP contribution in [-0.2, 0) is 18.3 Å². The summed E-state index contributed by atoms with van der Waals surface area (Å²) in [5.41, 5.74) is 2.67. The molecule has 2 rings (SSSR count). The summed E-state index contributed by atoms with van der Waals surface area (Å²) in [5, 5.41) is 23.6. The quantitative estimate of drug-likeness (QED) is 0.345. The monoisotopic (exact) mass is 296 g/mol. The van der Waals surface area contributed by atoms with Crippen LogP contribution in [0.15, 0.2) is 5.10 Å². The molecule has 0 aromatic carbocycles. The molecule has 1 amide bonds. The maximum Gasteiger partial charge on any atom is 0.232 e. The minimum Gasteiger partial charge on any atom is -0.396 e. The molecule has 0 spiro atoms. The van der Waals surface area contributed by atoms with E-state index >= 15 is 0 Å². The predicted octanol–water partition coefficient (Wildman–Crippen LogP) is 0.220. The average molecular weight is 296 g/mol. The minimum absolute atomic E-state index is 0.0612. The summed E-state index contributed by atoms with van der Waals surface area (Å²) in [6, 6.07) is 0. The van der Waals surface area contributed by atoms with Crippen LogP contribution in [0.4, 0.5) is 0 Å². The number of amides is 1. The Labute approximate surface area is 119 Å². The molecule has 0 atom stereocenters. The smallest absolute Gasteiger partial charge is 0.232 e. The van der Waals surface area contributed by atoms with E-state index in [1.807, 2.05) is 18.5 Å². The minimum atomic E-state index is -0.465. The second kappa shape index (κ2) is 6.12. The topological polar surface area (TPSA) is 91.0 Å². The number of aryl methyl sites for hydroxylation is 1. The molecule has 0 aliphatic rings. The average Bonchev–Trinajstić information content (AvgIpc) is 2.94. The molecule has 0 fully saturated rings. The summed E-state index contributed by atoms with van der Waals surface area (Å²) < 4.78 is 2.90. The Morgan fingerprint density at radius 1 is 1.50 bits per heavy atom. The third-order valence-electron chi connectivity index (χ3n) is 3.04. The Kier molecular flexibility index (Phi) is 4.48. The van der Waals surface area contributed by atoms with Crippen LogP contribution in [0.2, 0.25) is 0 Å². The Morgan fingerprint density at radius 2 is 2.25 bits per heavy atom. The van der Waals surface area contributed by atoms with Crippen LogP contribution >= 0.6 is 11.3 Å². The molecular weight excluding hydrogens is 280 g/mol. The summed E-state index contributed by atoms with van der Waals surface area (Å²) in [4.78, 5) is 15.1. The van der Waals surface area contributed by atoms with Gasteiger partial charge in [-0.15, -0.1) is 11.3 Å². The van der Waals surface area contributed by atoms with Gasteiger partial charge in [-0.1, -0.05) is 0 Å². The van der Waals surface area contributed by atoms with E-state index in [0.29, 0.717) is 12.8 Å². The number of hydrogen-bond acceptors (Lipinski definition) is 6. The third-order valence-corrected chi connectivity index (χ3v) is 4.17. The molecule has 0 saturated carbocycles. The highest BCUT2D eigenvalue weighted by Crippen LogP contribution is 2.29. The molecule has 20 heavy (non-hydrogen) atoms. The molecular formula is C12H16N4O3S.